The van der Waals surface area contributed by atoms with E-state index in [1.807, 2.05) is 35.0 Å². The molecule has 0 spiro atoms. The number of anilines is 5. The maximum Gasteiger partial charge on any atom is 0.231 e. The minimum atomic E-state index is -0.541. The number of pyridine rings is 2. The smallest absolute Gasteiger partial charge is 0.231 e. The Hall–Kier alpha value is -3.79. The summed E-state index contributed by atoms with van der Waals surface area (Å²) in [6.45, 7) is 2.78. The van der Waals surface area contributed by atoms with Crippen molar-refractivity contribution >= 4 is 34.6 Å². The van der Waals surface area contributed by atoms with Gasteiger partial charge in [-0.15, -0.1) is 0 Å². The Kier molecular flexibility index (Phi) is 4.81. The van der Waals surface area contributed by atoms with Gasteiger partial charge in [-0.2, -0.15) is 14.4 Å². The summed E-state index contributed by atoms with van der Waals surface area (Å²) in [6, 6.07) is 8.66. The van der Waals surface area contributed by atoms with Gasteiger partial charge >= 0.3 is 0 Å². The number of nitrogens with one attached hydrogen (secondary N) is 2. The van der Waals surface area contributed by atoms with Gasteiger partial charge in [0.2, 0.25) is 11.9 Å². The van der Waals surface area contributed by atoms with Crippen molar-refractivity contribution in [3.63, 3.8) is 0 Å². The number of nitrogens with zero attached hydrogens (tertiary/aromatic N) is 6. The van der Waals surface area contributed by atoms with E-state index >= 15 is 0 Å². The van der Waals surface area contributed by atoms with Crippen LogP contribution in [0.1, 0.15) is 0 Å². The molecule has 4 aromatic heterocycles. The Bertz CT molecular complexity index is 1160. The molecule has 5 rings (SSSR count). The first-order valence-electron chi connectivity index (χ1n) is 9.53. The van der Waals surface area contributed by atoms with Gasteiger partial charge in [0.15, 0.2) is 0 Å². The molecule has 1 aliphatic heterocycles. The number of halogens is 1. The van der Waals surface area contributed by atoms with Gasteiger partial charge in [-0.1, -0.05) is 0 Å². The Morgan fingerprint density at radius 2 is 1.83 bits per heavy atom. The Morgan fingerprint density at radius 3 is 2.67 bits per heavy atom. The molecule has 0 amide bonds. The van der Waals surface area contributed by atoms with Gasteiger partial charge in [-0.05, 0) is 18.2 Å². The summed E-state index contributed by atoms with van der Waals surface area (Å²) in [6.07, 6.45) is 6.97. The molecule has 0 radical (unpaired) electrons. The number of hydrogen-bond donors (Lipinski definition) is 2. The Balaban J connectivity index is 1.46. The monoisotopic (exact) mass is 406 g/mol. The third kappa shape index (κ3) is 3.98. The molecular weight excluding hydrogens is 387 g/mol. The van der Waals surface area contributed by atoms with E-state index in [0.717, 1.165) is 30.2 Å². The average molecular weight is 406 g/mol. The number of fused-ring (bicyclic) bond motifs is 1. The lowest BCUT2D eigenvalue weighted by molar-refractivity contribution is 0.122. The van der Waals surface area contributed by atoms with Crippen LogP contribution in [0.4, 0.5) is 33.3 Å². The number of aromatic nitrogens is 5. The highest BCUT2D eigenvalue weighted by atomic mass is 19.1. The van der Waals surface area contributed by atoms with Gasteiger partial charge in [-0.25, -0.2) is 9.97 Å². The number of imidazole rings is 1. The van der Waals surface area contributed by atoms with Gasteiger partial charge < -0.3 is 24.7 Å². The predicted molar refractivity (Wildman–Crippen MR) is 111 cm³/mol. The molecule has 2 N–H and O–H groups in total. The zero-order valence-electron chi connectivity index (χ0n) is 16.0. The summed E-state index contributed by atoms with van der Waals surface area (Å²) < 4.78 is 20.5. The van der Waals surface area contributed by atoms with Gasteiger partial charge in [0.25, 0.3) is 0 Å². The number of morpholine rings is 1. The lowest BCUT2D eigenvalue weighted by atomic mass is 10.3. The van der Waals surface area contributed by atoms with Gasteiger partial charge in [0, 0.05) is 49.5 Å². The summed E-state index contributed by atoms with van der Waals surface area (Å²) >= 11 is 0. The van der Waals surface area contributed by atoms with Crippen LogP contribution in [0.15, 0.2) is 55.1 Å². The van der Waals surface area contributed by atoms with Crippen molar-refractivity contribution in [3.8, 4) is 0 Å². The van der Waals surface area contributed by atoms with Crippen LogP contribution in [-0.4, -0.2) is 50.6 Å². The molecule has 0 unspecified atom stereocenters. The summed E-state index contributed by atoms with van der Waals surface area (Å²) in [5.41, 5.74) is 2.29. The van der Waals surface area contributed by atoms with Crippen LogP contribution in [-0.2, 0) is 4.74 Å². The lowest BCUT2D eigenvalue weighted by Gasteiger charge is -2.28. The van der Waals surface area contributed by atoms with E-state index < -0.39 is 5.95 Å². The van der Waals surface area contributed by atoms with Crippen molar-refractivity contribution in [1.82, 2.24) is 24.3 Å². The molecular formula is C20H19FN8O. The maximum atomic E-state index is 13.1. The highest BCUT2D eigenvalue weighted by Crippen LogP contribution is 2.24. The first-order valence-corrected chi connectivity index (χ1v) is 9.53. The van der Waals surface area contributed by atoms with Gasteiger partial charge in [-0.3, -0.25) is 0 Å². The fraction of sp³-hybridized carbons (Fsp3) is 0.200. The summed E-state index contributed by atoms with van der Waals surface area (Å²) in [5.74, 6) is 1.24. The van der Waals surface area contributed by atoms with E-state index in [4.69, 9.17) is 4.74 Å². The number of hydrogen-bond acceptors (Lipinski definition) is 8. The number of ether oxygens (including phenoxy) is 1. The Morgan fingerprint density at radius 1 is 0.933 bits per heavy atom. The minimum Gasteiger partial charge on any atom is -0.378 e. The normalized spacial score (nSPS) is 14.1. The van der Waals surface area contributed by atoms with Crippen molar-refractivity contribution in [2.75, 3.05) is 41.8 Å². The van der Waals surface area contributed by atoms with E-state index in [2.05, 4.69) is 35.5 Å². The van der Waals surface area contributed by atoms with Crippen molar-refractivity contribution in [2.45, 2.75) is 0 Å². The zero-order chi connectivity index (χ0) is 20.3. The average Bonchev–Trinajstić information content (AvgIpc) is 3.24. The molecule has 1 saturated heterocycles. The second-order valence-electron chi connectivity index (χ2n) is 6.76. The molecule has 0 aliphatic carbocycles. The molecule has 9 nitrogen and oxygen atoms in total. The van der Waals surface area contributed by atoms with Crippen LogP contribution in [0.2, 0.25) is 0 Å². The van der Waals surface area contributed by atoms with E-state index in [1.165, 1.54) is 12.3 Å². The van der Waals surface area contributed by atoms with Gasteiger partial charge in [0.05, 0.1) is 25.1 Å². The molecule has 0 saturated carbocycles. The van der Waals surface area contributed by atoms with Gasteiger partial charge in [0.1, 0.15) is 17.3 Å². The van der Waals surface area contributed by atoms with Crippen LogP contribution in [0, 0.1) is 5.95 Å². The molecule has 5 heterocycles. The van der Waals surface area contributed by atoms with Crippen molar-refractivity contribution in [1.29, 1.82) is 0 Å². The molecule has 0 bridgehead atoms. The molecule has 0 aromatic carbocycles. The molecule has 0 atom stereocenters. The minimum absolute atomic E-state index is 0.386. The highest BCUT2D eigenvalue weighted by Gasteiger charge is 2.15. The topological polar surface area (TPSA) is 92.5 Å². The highest BCUT2D eigenvalue weighted by molar-refractivity contribution is 5.66. The molecule has 1 aliphatic rings. The second-order valence-corrected chi connectivity index (χ2v) is 6.76. The fourth-order valence-corrected chi connectivity index (χ4v) is 3.22. The standard InChI is InChI=1S/C20H19FN8O/c21-16-2-1-15(13-23-16)25-20-26-17(12-19(27-20)29-7-9-30-10-8-29)24-14-3-5-28-6-4-22-18(28)11-14/h1-6,11-13H,7-10H2,(H2,24,25,26,27). The molecule has 1 fully saturated rings. The second kappa shape index (κ2) is 7.91. The number of rotatable bonds is 5. The van der Waals surface area contributed by atoms with Crippen molar-refractivity contribution in [2.24, 2.45) is 0 Å². The quantitative estimate of drug-likeness (QED) is 0.489. The van der Waals surface area contributed by atoms with Crippen molar-refractivity contribution in [3.05, 3.63) is 61.1 Å². The SMILES string of the molecule is Fc1ccc(Nc2nc(Nc3ccn4ccnc4c3)cc(N3CCOCC3)n2)cn1. The van der Waals surface area contributed by atoms with Crippen LogP contribution in [0.5, 0.6) is 0 Å². The molecule has 4 aromatic rings. The van der Waals surface area contributed by atoms with Crippen LogP contribution >= 0.6 is 0 Å². The maximum absolute atomic E-state index is 13.1. The summed E-state index contributed by atoms with van der Waals surface area (Å²) in [5, 5.41) is 6.42. The lowest BCUT2D eigenvalue weighted by Crippen LogP contribution is -2.36. The molecule has 30 heavy (non-hydrogen) atoms. The third-order valence-electron chi connectivity index (χ3n) is 4.70. The first kappa shape index (κ1) is 18.3. The van der Waals surface area contributed by atoms with Crippen LogP contribution in [0.25, 0.3) is 5.65 Å². The van der Waals surface area contributed by atoms with E-state index in [0.29, 0.717) is 30.7 Å². The predicted octanol–water partition coefficient (Wildman–Crippen LogP) is 2.98. The molecule has 10 heteroatoms. The Labute approximate surface area is 171 Å². The molecule has 152 valence electrons. The third-order valence-corrected chi connectivity index (χ3v) is 4.70. The largest absolute Gasteiger partial charge is 0.378 e. The summed E-state index contributed by atoms with van der Waals surface area (Å²) in [7, 11) is 0. The van der Waals surface area contributed by atoms with Crippen LogP contribution < -0.4 is 15.5 Å². The zero-order valence-corrected chi connectivity index (χ0v) is 16.0. The van der Waals surface area contributed by atoms with E-state index in [9.17, 15) is 4.39 Å². The summed E-state index contributed by atoms with van der Waals surface area (Å²) in [4.78, 5) is 19.3. The van der Waals surface area contributed by atoms with Crippen molar-refractivity contribution < 1.29 is 9.13 Å². The van der Waals surface area contributed by atoms with E-state index in [1.54, 1.807) is 12.3 Å². The van der Waals surface area contributed by atoms with Crippen LogP contribution in [0.3, 0.4) is 0 Å². The fourth-order valence-electron chi connectivity index (χ4n) is 3.22. The van der Waals surface area contributed by atoms with E-state index in [-0.39, 0.29) is 0 Å². The first-order chi connectivity index (χ1) is 14.7.